The Morgan fingerprint density at radius 2 is 1.50 bits per heavy atom. The van der Waals surface area contributed by atoms with Gasteiger partial charge >= 0.3 is 5.69 Å². The van der Waals surface area contributed by atoms with Crippen LogP contribution in [0.2, 0.25) is 0 Å². The smallest absolute Gasteiger partial charge is 0.311 e. The largest absolute Gasteiger partial charge is 1.00 e. The third-order valence-electron chi connectivity index (χ3n) is 5.22. The van der Waals surface area contributed by atoms with Crippen molar-refractivity contribution in [3.05, 3.63) is 88.5 Å². The lowest BCUT2D eigenvalue weighted by molar-refractivity contribution is -0.918. The molecule has 0 aromatic heterocycles. The van der Waals surface area contributed by atoms with Crippen LogP contribution in [-0.4, -0.2) is 41.3 Å². The molecule has 0 radical (unpaired) electrons. The summed E-state index contributed by atoms with van der Waals surface area (Å²) < 4.78 is 6.58. The van der Waals surface area contributed by atoms with Crippen molar-refractivity contribution in [2.45, 2.75) is 6.54 Å². The fourth-order valence-corrected chi connectivity index (χ4v) is 4.30. The summed E-state index contributed by atoms with van der Waals surface area (Å²) >= 11 is 12.0. The molecule has 0 fully saturated rings. The predicted molar refractivity (Wildman–Crippen MR) is 126 cm³/mol. The van der Waals surface area contributed by atoms with Gasteiger partial charge in [0, 0.05) is 11.6 Å². The van der Waals surface area contributed by atoms with Crippen molar-refractivity contribution in [3.8, 4) is 22.6 Å². The summed E-state index contributed by atoms with van der Waals surface area (Å²) in [5.74, 6) is 1.78. The summed E-state index contributed by atoms with van der Waals surface area (Å²) in [6, 6.07) is 22.5. The highest BCUT2D eigenvalue weighted by atomic mass is 35.5. The van der Waals surface area contributed by atoms with Gasteiger partial charge < -0.3 is 21.6 Å². The normalized spacial score (nSPS) is 11.0. The summed E-state index contributed by atoms with van der Waals surface area (Å²) in [5, 5.41) is 11.5. The molecule has 0 aliphatic heterocycles. The van der Waals surface area contributed by atoms with Crippen molar-refractivity contribution in [3.63, 3.8) is 0 Å². The zero-order chi connectivity index (χ0) is 22.3. The molecule has 8 heteroatoms. The number of halogens is 3. The van der Waals surface area contributed by atoms with E-state index in [1.807, 2.05) is 54.6 Å². The van der Waals surface area contributed by atoms with Crippen LogP contribution < -0.4 is 17.1 Å². The van der Waals surface area contributed by atoms with Crippen LogP contribution >= 0.6 is 23.2 Å². The van der Waals surface area contributed by atoms with Crippen molar-refractivity contribution in [1.29, 1.82) is 0 Å². The molecule has 0 spiro atoms. The van der Waals surface area contributed by atoms with Crippen LogP contribution in [0.4, 0.5) is 5.69 Å². The number of rotatable bonds is 10. The molecular weight excluding hydrogens is 471 g/mol. The Morgan fingerprint density at radius 3 is 2.06 bits per heavy atom. The molecule has 0 saturated heterocycles. The highest BCUT2D eigenvalue weighted by Crippen LogP contribution is 2.34. The van der Waals surface area contributed by atoms with Gasteiger partial charge in [-0.25, -0.2) is 0 Å². The molecule has 170 valence electrons. The lowest BCUT2D eigenvalue weighted by Gasteiger charge is -2.33. The molecule has 0 aliphatic carbocycles. The quantitative estimate of drug-likeness (QED) is 0.187. The molecule has 3 rings (SSSR count). The van der Waals surface area contributed by atoms with E-state index in [0.717, 1.165) is 29.8 Å². The molecular formula is C24H25Cl3N2O3. The van der Waals surface area contributed by atoms with Gasteiger partial charge in [-0.15, -0.1) is 23.2 Å². The average molecular weight is 496 g/mol. The highest BCUT2D eigenvalue weighted by molar-refractivity contribution is 6.18. The molecule has 0 saturated carbocycles. The van der Waals surface area contributed by atoms with Gasteiger partial charge in [0.05, 0.1) is 36.8 Å². The topological polar surface area (TPSA) is 52.4 Å². The number of hydrogen-bond acceptors (Lipinski definition) is 3. The Bertz CT molecular complexity index is 1010. The fourth-order valence-electron chi connectivity index (χ4n) is 3.48. The van der Waals surface area contributed by atoms with Crippen LogP contribution in [0.15, 0.2) is 72.8 Å². The van der Waals surface area contributed by atoms with Crippen LogP contribution in [0.1, 0.15) is 5.56 Å². The third kappa shape index (κ3) is 6.84. The number of ether oxygens (including phenoxy) is 1. The van der Waals surface area contributed by atoms with Crippen LogP contribution in [0, 0.1) is 10.1 Å². The maximum Gasteiger partial charge on any atom is 0.311 e. The summed E-state index contributed by atoms with van der Waals surface area (Å²) in [5.41, 5.74) is 3.00. The number of nitro groups is 1. The number of nitro benzene ring substituents is 1. The van der Waals surface area contributed by atoms with Crippen molar-refractivity contribution >= 4 is 28.9 Å². The first-order valence-electron chi connectivity index (χ1n) is 10.0. The number of hydrogen-bond donors (Lipinski definition) is 0. The number of nitrogens with zero attached hydrogens (tertiary/aromatic N) is 2. The second-order valence-electron chi connectivity index (χ2n) is 7.65. The zero-order valence-electron chi connectivity index (χ0n) is 17.7. The first-order valence-corrected chi connectivity index (χ1v) is 11.1. The Hall–Kier alpha value is -2.31. The van der Waals surface area contributed by atoms with Gasteiger partial charge in [-0.3, -0.25) is 10.1 Å². The molecule has 3 aromatic rings. The van der Waals surface area contributed by atoms with E-state index >= 15 is 0 Å². The lowest BCUT2D eigenvalue weighted by atomic mass is 10.1. The molecule has 5 nitrogen and oxygen atoms in total. The van der Waals surface area contributed by atoms with Crippen LogP contribution in [0.3, 0.4) is 0 Å². The Balaban J connectivity index is 0.00000363. The Kier molecular flexibility index (Phi) is 9.79. The monoisotopic (exact) mass is 494 g/mol. The summed E-state index contributed by atoms with van der Waals surface area (Å²) in [6.45, 7) is 2.16. The minimum atomic E-state index is -0.428. The average Bonchev–Trinajstić information content (AvgIpc) is 2.75. The van der Waals surface area contributed by atoms with Gasteiger partial charge in [0.2, 0.25) is 5.75 Å². The van der Waals surface area contributed by atoms with Gasteiger partial charge in [0.15, 0.2) is 0 Å². The van der Waals surface area contributed by atoms with Gasteiger partial charge in [-0.05, 0) is 35.4 Å². The minimum absolute atomic E-state index is 0. The van der Waals surface area contributed by atoms with Gasteiger partial charge in [0.1, 0.15) is 12.3 Å². The second kappa shape index (κ2) is 12.1. The second-order valence-corrected chi connectivity index (χ2v) is 8.41. The van der Waals surface area contributed by atoms with E-state index in [0.29, 0.717) is 28.5 Å². The van der Waals surface area contributed by atoms with Crippen molar-refractivity contribution in [2.24, 2.45) is 0 Å². The SMILES string of the molecule is C[N+](CCCl)(CCCl)Cc1ccc([N+](=O)[O-])c(Oc2ccc(-c3ccccc3)cc2)c1.[Cl-]. The van der Waals surface area contributed by atoms with E-state index in [9.17, 15) is 10.1 Å². The van der Waals surface area contributed by atoms with E-state index < -0.39 is 4.92 Å². The number of quaternary nitrogens is 1. The first kappa shape index (κ1) is 25.9. The summed E-state index contributed by atoms with van der Waals surface area (Å²) in [6.07, 6.45) is 0. The molecule has 0 bridgehead atoms. The summed E-state index contributed by atoms with van der Waals surface area (Å²) in [4.78, 5) is 11.1. The van der Waals surface area contributed by atoms with Crippen molar-refractivity contribution in [1.82, 2.24) is 0 Å². The standard InChI is InChI=1S/C24H25Cl2N2O3.ClH/c1-28(15-13-25,16-14-26)18-19-7-12-23(27(29)30)24(17-19)31-22-10-8-21(9-11-22)20-5-3-2-4-6-20;/h2-12,17H,13-16,18H2,1H3;1H/q+1;/p-1. The van der Waals surface area contributed by atoms with Crippen LogP contribution in [0.25, 0.3) is 11.1 Å². The van der Waals surface area contributed by atoms with Gasteiger partial charge in [-0.1, -0.05) is 42.5 Å². The molecule has 3 aromatic carbocycles. The molecule has 0 N–H and O–H groups in total. The van der Waals surface area contributed by atoms with Crippen LogP contribution in [-0.2, 0) is 6.54 Å². The third-order valence-corrected chi connectivity index (χ3v) is 5.56. The van der Waals surface area contributed by atoms with E-state index in [-0.39, 0.29) is 23.8 Å². The predicted octanol–water partition coefficient (Wildman–Crippen LogP) is 3.48. The lowest BCUT2D eigenvalue weighted by Crippen LogP contribution is -3.00. The zero-order valence-corrected chi connectivity index (χ0v) is 20.0. The van der Waals surface area contributed by atoms with Crippen LogP contribution in [0.5, 0.6) is 11.5 Å². The first-order chi connectivity index (χ1) is 14.9. The molecule has 0 heterocycles. The fraction of sp³-hybridized carbons (Fsp3) is 0.250. The van der Waals surface area contributed by atoms with E-state index in [4.69, 9.17) is 27.9 Å². The van der Waals surface area contributed by atoms with E-state index in [1.165, 1.54) is 6.07 Å². The van der Waals surface area contributed by atoms with Crippen molar-refractivity contribution in [2.75, 3.05) is 31.9 Å². The van der Waals surface area contributed by atoms with E-state index in [1.54, 1.807) is 12.1 Å². The Labute approximate surface area is 204 Å². The molecule has 0 unspecified atom stereocenters. The van der Waals surface area contributed by atoms with E-state index in [2.05, 4.69) is 7.05 Å². The minimum Gasteiger partial charge on any atom is -1.00 e. The number of benzene rings is 3. The molecule has 0 aliphatic rings. The van der Waals surface area contributed by atoms with Gasteiger partial charge in [-0.2, -0.15) is 0 Å². The Morgan fingerprint density at radius 1 is 0.906 bits per heavy atom. The maximum atomic E-state index is 11.5. The van der Waals surface area contributed by atoms with Crippen molar-refractivity contribution < 1.29 is 26.6 Å². The maximum absolute atomic E-state index is 11.5. The number of alkyl halides is 2. The van der Waals surface area contributed by atoms with Gasteiger partial charge in [0.25, 0.3) is 0 Å². The summed E-state index contributed by atoms with van der Waals surface area (Å²) in [7, 11) is 2.08. The molecule has 32 heavy (non-hydrogen) atoms. The highest BCUT2D eigenvalue weighted by Gasteiger charge is 2.24. The molecule has 0 atom stereocenters. The molecule has 0 amide bonds.